The van der Waals surface area contributed by atoms with E-state index in [1.54, 1.807) is 0 Å². The largest absolute Gasteiger partial charge is 0.508 e. The van der Waals surface area contributed by atoms with E-state index in [4.69, 9.17) is 0 Å². The van der Waals surface area contributed by atoms with Crippen LogP contribution < -0.4 is 0 Å². The zero-order chi connectivity index (χ0) is 19.8. The van der Waals surface area contributed by atoms with E-state index in [9.17, 15) is 18.8 Å². The highest BCUT2D eigenvalue weighted by Crippen LogP contribution is 2.66. The summed E-state index contributed by atoms with van der Waals surface area (Å²) in [7, 11) is -3.54. The molecular weight excluding hydrogens is 358 g/mol. The quantitative estimate of drug-likeness (QED) is 0.708. The van der Waals surface area contributed by atoms with Gasteiger partial charge in [-0.25, -0.2) is 8.42 Å². The van der Waals surface area contributed by atoms with Gasteiger partial charge in [-0.15, -0.1) is 0 Å². The Bertz CT molecular complexity index is 959. The molecule has 4 unspecified atom stereocenters. The topological polar surface area (TPSA) is 78.2 Å². The standard InChI is InChI=1S/C22H29NO3S/c1-20(2)7-5-8-21(3)17(20)6-9-22(4)18(21)13-27(25,26)16-11-15(24)10-14(12-23)19(16)22/h10-11,17-18,24H,5-9,13H2,1-4H3. The molecule has 2 aliphatic carbocycles. The fourth-order valence-electron chi connectivity index (χ4n) is 7.16. The summed E-state index contributed by atoms with van der Waals surface area (Å²) >= 11 is 0. The number of aromatic hydroxyl groups is 1. The molecule has 0 bridgehead atoms. The highest BCUT2D eigenvalue weighted by Gasteiger charge is 2.62. The minimum atomic E-state index is -3.54. The van der Waals surface area contributed by atoms with Gasteiger partial charge in [-0.3, -0.25) is 0 Å². The number of nitrogens with zero attached hydrogens (tertiary/aromatic N) is 1. The van der Waals surface area contributed by atoms with E-state index in [-0.39, 0.29) is 38.6 Å². The molecule has 1 N–H and O–H groups in total. The van der Waals surface area contributed by atoms with Crippen molar-refractivity contribution in [3.8, 4) is 11.8 Å². The number of phenolic OH excluding ortho intramolecular Hbond substituents is 1. The first-order chi connectivity index (χ1) is 12.5. The van der Waals surface area contributed by atoms with Crippen molar-refractivity contribution in [3.63, 3.8) is 0 Å². The maximum atomic E-state index is 13.2. The molecule has 2 saturated carbocycles. The molecule has 2 fully saturated rings. The number of hydrogen-bond acceptors (Lipinski definition) is 4. The zero-order valence-electron chi connectivity index (χ0n) is 16.7. The van der Waals surface area contributed by atoms with Gasteiger partial charge in [0.05, 0.1) is 22.3 Å². The van der Waals surface area contributed by atoms with E-state index in [0.29, 0.717) is 17.0 Å². The van der Waals surface area contributed by atoms with Crippen molar-refractivity contribution in [1.29, 1.82) is 5.26 Å². The number of rotatable bonds is 0. The Morgan fingerprint density at radius 2 is 1.81 bits per heavy atom. The predicted molar refractivity (Wildman–Crippen MR) is 104 cm³/mol. The number of hydrogen-bond donors (Lipinski definition) is 1. The second-order valence-electron chi connectivity index (χ2n) is 10.2. The lowest BCUT2D eigenvalue weighted by Crippen LogP contribution is -2.60. The van der Waals surface area contributed by atoms with Gasteiger partial charge in [0.15, 0.2) is 9.84 Å². The van der Waals surface area contributed by atoms with Crippen molar-refractivity contribution >= 4 is 9.84 Å². The summed E-state index contributed by atoms with van der Waals surface area (Å²) in [5, 5.41) is 19.7. The van der Waals surface area contributed by atoms with Gasteiger partial charge in [0.2, 0.25) is 0 Å². The molecule has 3 aliphatic rings. The van der Waals surface area contributed by atoms with Crippen molar-refractivity contribution in [1.82, 2.24) is 0 Å². The fraction of sp³-hybridized carbons (Fsp3) is 0.682. The highest BCUT2D eigenvalue weighted by molar-refractivity contribution is 7.91. The van der Waals surface area contributed by atoms with Gasteiger partial charge in [-0.1, -0.05) is 34.1 Å². The zero-order valence-corrected chi connectivity index (χ0v) is 17.5. The van der Waals surface area contributed by atoms with Crippen LogP contribution in [-0.4, -0.2) is 19.3 Å². The van der Waals surface area contributed by atoms with E-state index in [1.807, 2.05) is 0 Å². The number of benzene rings is 1. The summed E-state index contributed by atoms with van der Waals surface area (Å²) in [5.74, 6) is 0.469. The third-order valence-electron chi connectivity index (χ3n) is 8.29. The lowest BCUT2D eigenvalue weighted by molar-refractivity contribution is -0.0981. The van der Waals surface area contributed by atoms with Crippen molar-refractivity contribution in [3.05, 3.63) is 23.3 Å². The number of nitriles is 1. The molecule has 0 radical (unpaired) electrons. The Morgan fingerprint density at radius 3 is 2.48 bits per heavy atom. The van der Waals surface area contributed by atoms with Gasteiger partial charge >= 0.3 is 0 Å². The van der Waals surface area contributed by atoms with Crippen molar-refractivity contribution in [2.45, 2.75) is 70.1 Å². The van der Waals surface area contributed by atoms with Gasteiger partial charge in [0.1, 0.15) is 5.75 Å². The van der Waals surface area contributed by atoms with Crippen LogP contribution in [0.4, 0.5) is 0 Å². The minimum absolute atomic E-state index is 0.00234. The molecule has 4 atom stereocenters. The molecule has 1 aromatic rings. The fourth-order valence-corrected chi connectivity index (χ4v) is 9.48. The van der Waals surface area contributed by atoms with Gasteiger partial charge in [-0.2, -0.15) is 5.26 Å². The molecular formula is C22H29NO3S. The van der Waals surface area contributed by atoms with E-state index in [1.165, 1.54) is 18.6 Å². The molecule has 1 aromatic carbocycles. The maximum Gasteiger partial charge on any atom is 0.179 e. The second-order valence-corrected chi connectivity index (χ2v) is 12.2. The summed E-state index contributed by atoms with van der Waals surface area (Å²) in [5.41, 5.74) is 0.785. The van der Waals surface area contributed by atoms with Crippen LogP contribution in [0.3, 0.4) is 0 Å². The van der Waals surface area contributed by atoms with Gasteiger partial charge in [0.25, 0.3) is 0 Å². The predicted octanol–water partition coefficient (Wildman–Crippen LogP) is 4.55. The monoisotopic (exact) mass is 387 g/mol. The van der Waals surface area contributed by atoms with Crippen molar-refractivity contribution in [2.75, 3.05) is 5.75 Å². The van der Waals surface area contributed by atoms with Crippen molar-refractivity contribution in [2.24, 2.45) is 22.7 Å². The lowest BCUT2D eigenvalue weighted by Gasteiger charge is -2.63. The highest BCUT2D eigenvalue weighted by atomic mass is 32.2. The summed E-state index contributed by atoms with van der Waals surface area (Å²) in [6.45, 7) is 9.13. The molecule has 0 spiro atoms. The molecule has 27 heavy (non-hydrogen) atoms. The third kappa shape index (κ3) is 2.42. The maximum absolute atomic E-state index is 13.2. The van der Waals surface area contributed by atoms with Crippen LogP contribution in [0.15, 0.2) is 17.0 Å². The molecule has 0 aromatic heterocycles. The van der Waals surface area contributed by atoms with Crippen LogP contribution in [0.25, 0.3) is 0 Å². The van der Waals surface area contributed by atoms with Gasteiger partial charge in [0, 0.05) is 0 Å². The smallest absolute Gasteiger partial charge is 0.179 e. The number of fused-ring (bicyclic) bond motifs is 5. The average molecular weight is 388 g/mol. The normalized spacial score (nSPS) is 38.8. The van der Waals surface area contributed by atoms with Gasteiger partial charge < -0.3 is 5.11 Å². The Labute approximate surface area is 162 Å². The summed E-state index contributed by atoms with van der Waals surface area (Å²) in [6, 6.07) is 4.95. The number of phenols is 1. The van der Waals surface area contributed by atoms with E-state index < -0.39 is 9.84 Å². The third-order valence-corrected chi connectivity index (χ3v) is 10.1. The molecule has 5 heteroatoms. The van der Waals surface area contributed by atoms with E-state index in [2.05, 4.69) is 33.8 Å². The van der Waals surface area contributed by atoms with E-state index in [0.717, 1.165) is 25.7 Å². The Kier molecular flexibility index (Phi) is 3.83. The average Bonchev–Trinajstić information content (AvgIpc) is 2.55. The molecule has 0 amide bonds. The van der Waals surface area contributed by atoms with E-state index >= 15 is 0 Å². The Balaban J connectivity index is 1.98. The van der Waals surface area contributed by atoms with Gasteiger partial charge in [-0.05, 0) is 71.5 Å². The SMILES string of the molecule is CC1(C)CCCC2(C)C1CCC1(C)c3c(C#N)cc(O)cc3S(=O)(=O)CC12. The Morgan fingerprint density at radius 1 is 1.11 bits per heavy atom. The van der Waals surface area contributed by atoms with Crippen molar-refractivity contribution < 1.29 is 13.5 Å². The first kappa shape index (κ1) is 18.8. The molecule has 4 nitrogen and oxygen atoms in total. The molecule has 4 rings (SSSR count). The molecule has 1 aliphatic heterocycles. The van der Waals surface area contributed by atoms with Crippen LogP contribution in [-0.2, 0) is 15.3 Å². The van der Waals surface area contributed by atoms with Crippen LogP contribution in [0.5, 0.6) is 5.75 Å². The molecule has 0 saturated heterocycles. The van der Waals surface area contributed by atoms with Crippen LogP contribution in [0.1, 0.15) is 70.9 Å². The summed E-state index contributed by atoms with van der Waals surface area (Å²) in [6.07, 6.45) is 5.31. The van der Waals surface area contributed by atoms with Crippen LogP contribution in [0.2, 0.25) is 0 Å². The molecule has 146 valence electrons. The number of sulfone groups is 1. The van der Waals surface area contributed by atoms with Crippen LogP contribution >= 0.6 is 0 Å². The minimum Gasteiger partial charge on any atom is -0.508 e. The first-order valence-electron chi connectivity index (χ1n) is 9.96. The van der Waals surface area contributed by atoms with Crippen LogP contribution in [0, 0.1) is 34.0 Å². The Hall–Kier alpha value is -1.54. The second kappa shape index (κ2) is 5.50. The molecule has 1 heterocycles. The summed E-state index contributed by atoms with van der Waals surface area (Å²) in [4.78, 5) is 0.176. The lowest BCUT2D eigenvalue weighted by atomic mass is 9.42. The summed E-state index contributed by atoms with van der Waals surface area (Å²) < 4.78 is 26.5. The first-order valence-corrected chi connectivity index (χ1v) is 11.6.